The summed E-state index contributed by atoms with van der Waals surface area (Å²) in [5.74, 6) is 0.109. The van der Waals surface area contributed by atoms with Crippen LogP contribution < -0.4 is 9.64 Å². The van der Waals surface area contributed by atoms with Gasteiger partial charge in [0.2, 0.25) is 5.88 Å². The van der Waals surface area contributed by atoms with Crippen molar-refractivity contribution in [2.75, 3.05) is 24.3 Å². The average Bonchev–Trinajstić information content (AvgIpc) is 2.85. The van der Waals surface area contributed by atoms with Gasteiger partial charge < -0.3 is 9.64 Å². The predicted octanol–water partition coefficient (Wildman–Crippen LogP) is 3.29. The summed E-state index contributed by atoms with van der Waals surface area (Å²) in [4.78, 5) is 14.9. The minimum Gasteiger partial charge on any atom is -0.475 e. The molecule has 0 saturated carbocycles. The van der Waals surface area contributed by atoms with Crippen LogP contribution in [0.2, 0.25) is 5.15 Å². The summed E-state index contributed by atoms with van der Waals surface area (Å²) in [5.41, 5.74) is 0.878. The Balaban J connectivity index is 1.96. The Hall–Kier alpha value is -2.26. The molecular weight excluding hydrogens is 379 g/mol. The van der Waals surface area contributed by atoms with Crippen molar-refractivity contribution in [1.29, 1.82) is 0 Å². The van der Waals surface area contributed by atoms with Gasteiger partial charge in [-0.1, -0.05) is 23.4 Å². The van der Waals surface area contributed by atoms with Gasteiger partial charge in [0.1, 0.15) is 23.3 Å². The molecule has 0 N–H and O–H groups in total. The van der Waals surface area contributed by atoms with Crippen molar-refractivity contribution in [2.24, 2.45) is 0 Å². The van der Waals surface area contributed by atoms with Crippen LogP contribution in [0.15, 0.2) is 23.5 Å². The van der Waals surface area contributed by atoms with E-state index in [2.05, 4.69) is 25.1 Å². The van der Waals surface area contributed by atoms with Crippen molar-refractivity contribution in [3.63, 3.8) is 0 Å². The molecule has 0 aromatic carbocycles. The van der Waals surface area contributed by atoms with Gasteiger partial charge in [0.15, 0.2) is 16.1 Å². The fourth-order valence-corrected chi connectivity index (χ4v) is 3.43. The number of halogens is 2. The second kappa shape index (κ2) is 6.81. The summed E-state index contributed by atoms with van der Waals surface area (Å²) in [7, 11) is 0. The molecule has 3 aromatic rings. The Morgan fingerprint density at radius 2 is 2.19 bits per heavy atom. The van der Waals surface area contributed by atoms with Crippen LogP contribution in [0, 0.1) is 5.82 Å². The fourth-order valence-electron chi connectivity index (χ4n) is 2.90. The predicted molar refractivity (Wildman–Crippen MR) is 97.4 cm³/mol. The molecule has 1 aliphatic heterocycles. The molecule has 4 rings (SSSR count). The zero-order valence-electron chi connectivity index (χ0n) is 14.0. The lowest BCUT2D eigenvalue weighted by Crippen LogP contribution is -2.31. The van der Waals surface area contributed by atoms with Gasteiger partial charge in [0.25, 0.3) is 0 Å². The first-order chi connectivity index (χ1) is 12.6. The van der Waals surface area contributed by atoms with Gasteiger partial charge >= 0.3 is 0 Å². The van der Waals surface area contributed by atoms with Crippen LogP contribution in [0.4, 0.5) is 10.2 Å². The fraction of sp³-hybridized carbons (Fsp3) is 0.312. The Kier molecular flexibility index (Phi) is 4.49. The molecule has 0 aliphatic carbocycles. The molecule has 4 heterocycles. The Morgan fingerprint density at radius 3 is 2.92 bits per heavy atom. The van der Waals surface area contributed by atoms with Crippen LogP contribution in [0.25, 0.3) is 10.9 Å². The molecule has 0 spiro atoms. The number of nitrogens with zero attached hydrogens (tertiary/aromatic N) is 6. The molecule has 0 fully saturated rings. The molecule has 3 aromatic heterocycles. The Labute approximate surface area is 158 Å². The molecule has 26 heavy (non-hydrogen) atoms. The smallest absolute Gasteiger partial charge is 0.228 e. The normalized spacial score (nSPS) is 14.8. The van der Waals surface area contributed by atoms with Crippen molar-refractivity contribution in [2.45, 2.75) is 18.1 Å². The molecule has 1 aliphatic rings. The average molecular weight is 393 g/mol. The van der Waals surface area contributed by atoms with Crippen molar-refractivity contribution >= 4 is 40.1 Å². The minimum atomic E-state index is -0.679. The third-order valence-electron chi connectivity index (χ3n) is 4.19. The summed E-state index contributed by atoms with van der Waals surface area (Å²) >= 11 is 7.25. The number of hydrogen-bond acceptors (Lipinski definition) is 8. The summed E-state index contributed by atoms with van der Waals surface area (Å²) < 4.78 is 20.3. The number of aromatic nitrogens is 5. The number of hydrogen-bond donors (Lipinski definition) is 0. The van der Waals surface area contributed by atoms with Gasteiger partial charge in [0.05, 0.1) is 18.3 Å². The van der Waals surface area contributed by atoms with Gasteiger partial charge in [-0.2, -0.15) is 15.2 Å². The van der Waals surface area contributed by atoms with E-state index >= 15 is 0 Å². The zero-order valence-corrected chi connectivity index (χ0v) is 15.6. The highest BCUT2D eigenvalue weighted by atomic mass is 35.5. The van der Waals surface area contributed by atoms with E-state index in [4.69, 9.17) is 16.3 Å². The van der Waals surface area contributed by atoms with E-state index in [9.17, 15) is 4.39 Å². The van der Waals surface area contributed by atoms with Crippen molar-refractivity contribution < 1.29 is 9.13 Å². The maximum Gasteiger partial charge on any atom is 0.228 e. The van der Waals surface area contributed by atoms with Crippen molar-refractivity contribution in [3.8, 4) is 5.88 Å². The second-order valence-electron chi connectivity index (χ2n) is 5.65. The lowest BCUT2D eigenvalue weighted by molar-refractivity contribution is 0.315. The summed E-state index contributed by atoms with van der Waals surface area (Å²) in [6, 6.07) is 3.56. The van der Waals surface area contributed by atoms with Crippen LogP contribution >= 0.6 is 23.4 Å². The van der Waals surface area contributed by atoms with E-state index in [0.717, 1.165) is 5.69 Å². The number of rotatable bonds is 3. The van der Waals surface area contributed by atoms with Crippen molar-refractivity contribution in [1.82, 2.24) is 25.1 Å². The lowest BCUT2D eigenvalue weighted by atomic mass is 10.1. The van der Waals surface area contributed by atoms with Gasteiger partial charge in [-0.25, -0.2) is 14.4 Å². The van der Waals surface area contributed by atoms with Crippen molar-refractivity contribution in [3.05, 3.63) is 35.0 Å². The van der Waals surface area contributed by atoms with E-state index in [1.165, 1.54) is 11.8 Å². The van der Waals surface area contributed by atoms with Crippen LogP contribution in [0.5, 0.6) is 5.88 Å². The number of pyridine rings is 1. The first-order valence-corrected chi connectivity index (χ1v) is 9.48. The topological polar surface area (TPSA) is 76.9 Å². The zero-order chi connectivity index (χ0) is 18.3. The molecule has 0 radical (unpaired) electrons. The molecule has 1 atom stereocenters. The molecular formula is C16H14ClFN6OS. The van der Waals surface area contributed by atoms with E-state index in [1.807, 2.05) is 30.2 Å². The first kappa shape index (κ1) is 17.2. The van der Waals surface area contributed by atoms with Gasteiger partial charge in [-0.3, -0.25) is 0 Å². The molecule has 10 heteroatoms. The van der Waals surface area contributed by atoms with Crippen LogP contribution in [-0.2, 0) is 0 Å². The Morgan fingerprint density at radius 1 is 1.35 bits per heavy atom. The Bertz CT molecular complexity index is 976. The molecule has 0 saturated heterocycles. The number of anilines is 1. The minimum absolute atomic E-state index is 0.104. The number of thioether (sulfide) groups is 1. The maximum atomic E-state index is 14.6. The van der Waals surface area contributed by atoms with E-state index in [1.54, 1.807) is 6.20 Å². The lowest BCUT2D eigenvalue weighted by Gasteiger charge is -2.28. The van der Waals surface area contributed by atoms with E-state index in [0.29, 0.717) is 29.5 Å². The van der Waals surface area contributed by atoms with Crippen LogP contribution in [0.1, 0.15) is 18.7 Å². The standard InChI is InChI=1S/C16H14ClFN6OS/c1-8(9-4-3-5-19-23-9)24-6-7-25-15-10-12(11(18)13(17)21-15)20-16(26-2)22-14(10)24/h3-5,8H,6-7H2,1-2H3. The highest BCUT2D eigenvalue weighted by molar-refractivity contribution is 7.98. The van der Waals surface area contributed by atoms with Crippen LogP contribution in [0.3, 0.4) is 0 Å². The molecule has 134 valence electrons. The van der Waals surface area contributed by atoms with Gasteiger partial charge in [-0.15, -0.1) is 0 Å². The molecule has 7 nitrogen and oxygen atoms in total. The largest absolute Gasteiger partial charge is 0.475 e. The first-order valence-electron chi connectivity index (χ1n) is 7.88. The monoisotopic (exact) mass is 392 g/mol. The SMILES string of the molecule is CSc1nc2c3c(nc(Cl)c(F)c3n1)OCCN2C(C)c1cccnn1. The summed E-state index contributed by atoms with van der Waals surface area (Å²) in [6.45, 7) is 2.86. The highest BCUT2D eigenvalue weighted by Gasteiger charge is 2.29. The number of ether oxygens (including phenoxy) is 1. The highest BCUT2D eigenvalue weighted by Crippen LogP contribution is 2.40. The van der Waals surface area contributed by atoms with Gasteiger partial charge in [-0.05, 0) is 25.3 Å². The quantitative estimate of drug-likeness (QED) is 0.382. The van der Waals surface area contributed by atoms with E-state index in [-0.39, 0.29) is 22.6 Å². The summed E-state index contributed by atoms with van der Waals surface area (Å²) in [5, 5.41) is 8.72. The third-order valence-corrected chi connectivity index (χ3v) is 4.98. The molecule has 0 bridgehead atoms. The molecule has 0 amide bonds. The second-order valence-corrected chi connectivity index (χ2v) is 6.78. The summed E-state index contributed by atoms with van der Waals surface area (Å²) in [6.07, 6.45) is 3.45. The molecule has 1 unspecified atom stereocenters. The van der Waals surface area contributed by atoms with Gasteiger partial charge in [0, 0.05) is 6.20 Å². The third kappa shape index (κ3) is 2.80. The maximum absolute atomic E-state index is 14.6. The van der Waals surface area contributed by atoms with Crippen LogP contribution in [-0.4, -0.2) is 44.6 Å². The van der Waals surface area contributed by atoms with E-state index < -0.39 is 5.82 Å².